The predicted molar refractivity (Wildman–Crippen MR) is 215 cm³/mol. The van der Waals surface area contributed by atoms with Crippen molar-refractivity contribution in [1.29, 1.82) is 0 Å². The van der Waals surface area contributed by atoms with Crippen LogP contribution >= 0.6 is 0 Å². The number of fused-ring (bicyclic) bond motifs is 2. The van der Waals surface area contributed by atoms with Crippen molar-refractivity contribution in [2.75, 3.05) is 0 Å². The van der Waals surface area contributed by atoms with E-state index in [2.05, 4.69) is 188 Å². The van der Waals surface area contributed by atoms with Gasteiger partial charge in [0.25, 0.3) is 0 Å². The third-order valence-corrected chi connectivity index (χ3v) is 29.4. The molecule has 0 heterocycles. The van der Waals surface area contributed by atoms with Gasteiger partial charge in [0.2, 0.25) is 0 Å². The molecule has 246 valence electrons. The fraction of sp³-hybridized carbons (Fsp3) is 0.167. The topological polar surface area (TPSA) is 0 Å². The molecule has 0 saturated heterocycles. The Balaban J connectivity index is 1.11. The molecule has 2 heteroatoms. The number of benzene rings is 6. The van der Waals surface area contributed by atoms with E-state index in [0.717, 1.165) is 12.8 Å². The Kier molecular flexibility index (Phi) is 8.53. The van der Waals surface area contributed by atoms with E-state index in [0.29, 0.717) is 7.25 Å². The molecule has 0 amide bonds. The second kappa shape index (κ2) is 12.9. The van der Waals surface area contributed by atoms with Crippen LogP contribution in [0.3, 0.4) is 0 Å². The molecular formula is C48H46SiZr. The minimum absolute atomic E-state index is 0.502. The first-order valence-electron chi connectivity index (χ1n) is 18.1. The summed E-state index contributed by atoms with van der Waals surface area (Å²) in [5, 5.41) is 0. The molecule has 0 aromatic heterocycles. The quantitative estimate of drug-likeness (QED) is 0.136. The Hall–Kier alpha value is -4.10. The van der Waals surface area contributed by atoms with Crippen molar-refractivity contribution in [1.82, 2.24) is 0 Å². The van der Waals surface area contributed by atoms with Gasteiger partial charge >= 0.3 is 291 Å². The van der Waals surface area contributed by atoms with Crippen molar-refractivity contribution in [2.24, 2.45) is 0 Å². The number of allylic oxidation sites excluding steroid dienone is 2. The third kappa shape index (κ3) is 6.01. The van der Waals surface area contributed by atoms with E-state index in [9.17, 15) is 0 Å². The van der Waals surface area contributed by atoms with Gasteiger partial charge in [-0.3, -0.25) is 0 Å². The predicted octanol–water partition coefficient (Wildman–Crippen LogP) is 12.2. The Morgan fingerprint density at radius 2 is 0.800 bits per heavy atom. The molecule has 0 bridgehead atoms. The SMILES string of the molecule is CC1=Cc2c(-c3ccc(Cc4ccccc4)cc3)cccc2[CH]1[Zr]([CH3])([CH3])(=[SiH2])[CH]1C(C)=Cc2c(-c3ccc(Cc4ccccc4)cc3)cccc21. The molecule has 0 saturated carbocycles. The Morgan fingerprint density at radius 3 is 1.18 bits per heavy atom. The summed E-state index contributed by atoms with van der Waals surface area (Å²) in [6.45, 7) is 7.25. The van der Waals surface area contributed by atoms with Crippen LogP contribution < -0.4 is 0 Å². The molecule has 2 aliphatic rings. The summed E-state index contributed by atoms with van der Waals surface area (Å²) in [6, 6.07) is 54.3. The first-order valence-corrected chi connectivity index (χ1v) is 31.8. The Morgan fingerprint density at radius 1 is 0.440 bits per heavy atom. The fourth-order valence-electron chi connectivity index (χ4n) is 9.56. The van der Waals surface area contributed by atoms with Crippen LogP contribution in [0.15, 0.2) is 157 Å². The van der Waals surface area contributed by atoms with Crippen molar-refractivity contribution >= 4 is 19.0 Å². The number of hydrogen-bond donors (Lipinski definition) is 0. The van der Waals surface area contributed by atoms with Crippen LogP contribution in [-0.2, 0) is 30.2 Å². The van der Waals surface area contributed by atoms with Crippen LogP contribution in [0.5, 0.6) is 0 Å². The summed E-state index contributed by atoms with van der Waals surface area (Å²) in [7, 11) is 0. The molecule has 6 aromatic carbocycles. The van der Waals surface area contributed by atoms with Crippen molar-refractivity contribution in [3.05, 3.63) is 201 Å². The van der Waals surface area contributed by atoms with Crippen molar-refractivity contribution in [3.8, 4) is 22.3 Å². The number of hydrogen-bond acceptors (Lipinski definition) is 0. The van der Waals surface area contributed by atoms with Gasteiger partial charge in [0.1, 0.15) is 0 Å². The van der Waals surface area contributed by atoms with Crippen LogP contribution in [0.4, 0.5) is 0 Å². The summed E-state index contributed by atoms with van der Waals surface area (Å²) < 4.78 is 6.48. The van der Waals surface area contributed by atoms with Gasteiger partial charge < -0.3 is 0 Å². The molecule has 0 fully saturated rings. The van der Waals surface area contributed by atoms with Crippen molar-refractivity contribution in [2.45, 2.75) is 43.2 Å². The molecule has 2 atom stereocenters. The van der Waals surface area contributed by atoms with Crippen molar-refractivity contribution in [3.63, 3.8) is 0 Å². The molecule has 0 radical (unpaired) electrons. The van der Waals surface area contributed by atoms with E-state index in [4.69, 9.17) is 0 Å². The summed E-state index contributed by atoms with van der Waals surface area (Å²) >= 11 is -3.62. The first kappa shape index (κ1) is 33.1. The van der Waals surface area contributed by atoms with E-state index in [-0.39, 0.29) is 0 Å². The van der Waals surface area contributed by atoms with Crippen LogP contribution in [-0.4, -0.2) is 6.88 Å². The molecular weight excluding hydrogens is 696 g/mol. The normalized spacial score (nSPS) is 16.8. The minimum atomic E-state index is -3.62. The van der Waals surface area contributed by atoms with Crippen LogP contribution in [0.1, 0.15) is 65.6 Å². The summed E-state index contributed by atoms with van der Waals surface area (Å²) in [5.74, 6) is 0. The Labute approximate surface area is 301 Å². The summed E-state index contributed by atoms with van der Waals surface area (Å²) in [6.07, 6.45) is 6.99. The van der Waals surface area contributed by atoms with Gasteiger partial charge in [0.05, 0.1) is 0 Å². The zero-order valence-corrected chi connectivity index (χ0v) is 33.7. The van der Waals surface area contributed by atoms with Crippen LogP contribution in [0.2, 0.25) is 9.26 Å². The second-order valence-corrected chi connectivity index (χ2v) is 46.4. The van der Waals surface area contributed by atoms with Crippen LogP contribution in [0.25, 0.3) is 34.4 Å². The Bertz CT molecular complexity index is 2170. The van der Waals surface area contributed by atoms with Gasteiger partial charge in [0, 0.05) is 0 Å². The van der Waals surface area contributed by atoms with Gasteiger partial charge in [-0.15, -0.1) is 0 Å². The summed E-state index contributed by atoms with van der Waals surface area (Å²) in [5.41, 5.74) is 19.8. The zero-order valence-electron chi connectivity index (χ0n) is 29.8. The third-order valence-electron chi connectivity index (χ3n) is 11.5. The van der Waals surface area contributed by atoms with E-state index in [1.807, 2.05) is 0 Å². The van der Waals surface area contributed by atoms with Crippen LogP contribution in [0, 0.1) is 0 Å². The van der Waals surface area contributed by atoms with Gasteiger partial charge in [-0.1, -0.05) is 12.1 Å². The molecule has 0 spiro atoms. The molecule has 0 aliphatic heterocycles. The van der Waals surface area contributed by atoms with Gasteiger partial charge in [-0.2, -0.15) is 0 Å². The number of rotatable bonds is 8. The standard InChI is InChI=1S/2C23H19.2CH3.H2Si.Zr/c2*1-17-14-21-8-5-9-22(23(21)15-17)20-12-10-19(11-13-20)16-18-6-3-2-4-7-18;;;;/h2*2-15H,16H2,1H3;2*1H3;1H2;. The second-order valence-electron chi connectivity index (χ2n) is 15.9. The van der Waals surface area contributed by atoms with Gasteiger partial charge in [-0.05, 0) is 0 Å². The monoisotopic (exact) mass is 740 g/mol. The van der Waals surface area contributed by atoms with Crippen molar-refractivity contribution < 1.29 is 17.4 Å². The first-order chi connectivity index (χ1) is 24.1. The molecule has 2 unspecified atom stereocenters. The molecule has 6 aromatic rings. The molecule has 0 nitrogen and oxygen atoms in total. The van der Waals surface area contributed by atoms with E-state index in [1.165, 1.54) is 55.6 Å². The van der Waals surface area contributed by atoms with E-state index >= 15 is 0 Å². The molecule has 50 heavy (non-hydrogen) atoms. The van der Waals surface area contributed by atoms with Gasteiger partial charge in [0.15, 0.2) is 0 Å². The fourth-order valence-corrected chi connectivity index (χ4v) is 30.8. The maximum absolute atomic E-state index is 3.62. The summed E-state index contributed by atoms with van der Waals surface area (Å²) in [4.78, 5) is 0. The van der Waals surface area contributed by atoms with E-state index in [1.54, 1.807) is 22.3 Å². The molecule has 2 aliphatic carbocycles. The molecule has 8 rings (SSSR count). The maximum atomic E-state index is 2.74. The van der Waals surface area contributed by atoms with E-state index < -0.39 is 17.4 Å². The average molecular weight is 742 g/mol. The zero-order chi connectivity index (χ0) is 34.5. The average Bonchev–Trinajstić information content (AvgIpc) is 3.66. The van der Waals surface area contributed by atoms with Gasteiger partial charge in [-0.25, -0.2) is 0 Å². The molecule has 0 N–H and O–H groups in total.